The number of hydrogen-bond donors (Lipinski definition) is 1. The molecule has 1 heterocycles. The average Bonchev–Trinajstić information content (AvgIpc) is 2.90. The number of aliphatic imine (C=N–C) groups is 1. The highest BCUT2D eigenvalue weighted by Crippen LogP contribution is 2.20. The second-order valence-electron chi connectivity index (χ2n) is 5.99. The molecule has 0 spiro atoms. The summed E-state index contributed by atoms with van der Waals surface area (Å²) >= 11 is 6.17. The molecule has 0 saturated carbocycles. The minimum Gasteiger partial charge on any atom is -0.309 e. The van der Waals surface area contributed by atoms with Crippen LogP contribution in [0.2, 0.25) is 5.02 Å². The van der Waals surface area contributed by atoms with Gasteiger partial charge in [0.15, 0.2) is 0 Å². The molecule has 24 heavy (non-hydrogen) atoms. The molecule has 0 fully saturated rings. The SMILES string of the molecule is Cc1ccc(C)c(/C=C2/N=C(CCc3ccccc3Cl)NC2=O)c1. The first-order valence-corrected chi connectivity index (χ1v) is 8.32. The van der Waals surface area contributed by atoms with Crippen molar-refractivity contribution in [3.63, 3.8) is 0 Å². The van der Waals surface area contributed by atoms with Gasteiger partial charge in [-0.1, -0.05) is 53.6 Å². The lowest BCUT2D eigenvalue weighted by Crippen LogP contribution is -2.24. The molecule has 2 aromatic carbocycles. The Morgan fingerprint density at radius 1 is 1.12 bits per heavy atom. The van der Waals surface area contributed by atoms with Gasteiger partial charge in [-0.05, 0) is 49.1 Å². The van der Waals surface area contributed by atoms with Crippen LogP contribution < -0.4 is 5.32 Å². The molecule has 1 amide bonds. The fourth-order valence-corrected chi connectivity index (χ4v) is 2.88. The zero-order valence-corrected chi connectivity index (χ0v) is 14.5. The summed E-state index contributed by atoms with van der Waals surface area (Å²) in [6.07, 6.45) is 3.25. The first-order valence-electron chi connectivity index (χ1n) is 7.94. The van der Waals surface area contributed by atoms with Gasteiger partial charge in [0.2, 0.25) is 0 Å². The number of nitrogens with zero attached hydrogens (tertiary/aromatic N) is 1. The maximum Gasteiger partial charge on any atom is 0.275 e. The Balaban J connectivity index is 1.77. The van der Waals surface area contributed by atoms with E-state index in [0.29, 0.717) is 18.0 Å². The topological polar surface area (TPSA) is 41.5 Å². The predicted octanol–water partition coefficient (Wildman–Crippen LogP) is 4.46. The monoisotopic (exact) mass is 338 g/mol. The number of hydrogen-bond acceptors (Lipinski definition) is 2. The Morgan fingerprint density at radius 2 is 1.92 bits per heavy atom. The van der Waals surface area contributed by atoms with Crippen molar-refractivity contribution >= 4 is 29.4 Å². The summed E-state index contributed by atoms with van der Waals surface area (Å²) in [5, 5.41) is 3.59. The van der Waals surface area contributed by atoms with Crippen molar-refractivity contribution in [2.24, 2.45) is 4.99 Å². The molecule has 1 aliphatic heterocycles. The Bertz CT molecular complexity index is 852. The number of amidine groups is 1. The van der Waals surface area contributed by atoms with E-state index in [0.717, 1.165) is 33.7 Å². The van der Waals surface area contributed by atoms with E-state index >= 15 is 0 Å². The summed E-state index contributed by atoms with van der Waals surface area (Å²) < 4.78 is 0. The van der Waals surface area contributed by atoms with E-state index in [9.17, 15) is 4.79 Å². The average molecular weight is 339 g/mol. The van der Waals surface area contributed by atoms with Gasteiger partial charge in [-0.15, -0.1) is 0 Å². The van der Waals surface area contributed by atoms with Crippen molar-refractivity contribution in [2.45, 2.75) is 26.7 Å². The Labute approximate surface area is 147 Å². The number of benzene rings is 2. The molecule has 3 nitrogen and oxygen atoms in total. The van der Waals surface area contributed by atoms with Crippen molar-refractivity contribution in [3.05, 3.63) is 75.4 Å². The molecule has 3 rings (SSSR count). The van der Waals surface area contributed by atoms with Gasteiger partial charge in [-0.25, -0.2) is 4.99 Å². The number of rotatable bonds is 4. The summed E-state index contributed by atoms with van der Waals surface area (Å²) in [6.45, 7) is 4.06. The van der Waals surface area contributed by atoms with E-state index in [2.05, 4.69) is 28.5 Å². The highest BCUT2D eigenvalue weighted by Gasteiger charge is 2.20. The highest BCUT2D eigenvalue weighted by atomic mass is 35.5. The normalized spacial score (nSPS) is 15.5. The van der Waals surface area contributed by atoms with Crippen LogP contribution >= 0.6 is 11.6 Å². The van der Waals surface area contributed by atoms with Crippen LogP contribution in [0.25, 0.3) is 6.08 Å². The van der Waals surface area contributed by atoms with Crippen LogP contribution in [0.15, 0.2) is 53.2 Å². The number of nitrogens with one attached hydrogen (secondary N) is 1. The van der Waals surface area contributed by atoms with Gasteiger partial charge < -0.3 is 5.32 Å². The second kappa shape index (κ2) is 7.02. The van der Waals surface area contributed by atoms with Gasteiger partial charge in [0.1, 0.15) is 11.5 Å². The standard InChI is InChI=1S/C20H19ClN2O/c1-13-7-8-14(2)16(11-13)12-18-20(24)23-19(22-18)10-9-15-5-3-4-6-17(15)21/h3-8,11-12H,9-10H2,1-2H3,(H,22,23,24)/b18-12+. The molecule has 122 valence electrons. The molecule has 0 saturated heterocycles. The molecule has 2 aromatic rings. The third-order valence-corrected chi connectivity index (χ3v) is 4.43. The van der Waals surface area contributed by atoms with E-state index in [-0.39, 0.29) is 5.91 Å². The van der Waals surface area contributed by atoms with Crippen LogP contribution in [0, 0.1) is 13.8 Å². The van der Waals surface area contributed by atoms with Crippen LogP contribution in [0.3, 0.4) is 0 Å². The first-order chi connectivity index (χ1) is 11.5. The summed E-state index contributed by atoms with van der Waals surface area (Å²) in [7, 11) is 0. The first kappa shape index (κ1) is 16.5. The summed E-state index contributed by atoms with van der Waals surface area (Å²) in [5.41, 5.74) is 4.83. The lowest BCUT2D eigenvalue weighted by molar-refractivity contribution is -0.115. The fraction of sp³-hybridized carbons (Fsp3) is 0.200. The Kier molecular flexibility index (Phi) is 4.81. The van der Waals surface area contributed by atoms with Crippen molar-refractivity contribution in [1.82, 2.24) is 5.32 Å². The molecular formula is C20H19ClN2O. The number of amides is 1. The fourth-order valence-electron chi connectivity index (χ4n) is 2.65. The molecule has 0 aliphatic carbocycles. The quantitative estimate of drug-likeness (QED) is 0.822. The molecule has 0 aromatic heterocycles. The van der Waals surface area contributed by atoms with E-state index in [1.54, 1.807) is 0 Å². The van der Waals surface area contributed by atoms with Gasteiger partial charge in [-0.3, -0.25) is 4.79 Å². The van der Waals surface area contributed by atoms with E-state index in [1.165, 1.54) is 0 Å². The largest absolute Gasteiger partial charge is 0.309 e. The van der Waals surface area contributed by atoms with E-state index in [4.69, 9.17) is 11.6 Å². The van der Waals surface area contributed by atoms with Crippen LogP contribution in [0.5, 0.6) is 0 Å². The lowest BCUT2D eigenvalue weighted by Gasteiger charge is -2.03. The van der Waals surface area contributed by atoms with E-state index < -0.39 is 0 Å². The molecule has 1 aliphatic rings. The molecule has 0 unspecified atom stereocenters. The summed E-state index contributed by atoms with van der Waals surface area (Å²) in [4.78, 5) is 16.6. The smallest absolute Gasteiger partial charge is 0.275 e. The zero-order valence-electron chi connectivity index (χ0n) is 13.8. The molecular weight excluding hydrogens is 320 g/mol. The minimum absolute atomic E-state index is 0.148. The highest BCUT2D eigenvalue weighted by molar-refractivity contribution is 6.31. The van der Waals surface area contributed by atoms with Crippen LogP contribution in [0.1, 0.15) is 28.7 Å². The zero-order chi connectivity index (χ0) is 17.1. The molecule has 0 bridgehead atoms. The van der Waals surface area contributed by atoms with Crippen LogP contribution in [-0.4, -0.2) is 11.7 Å². The van der Waals surface area contributed by atoms with Crippen LogP contribution in [0.4, 0.5) is 0 Å². The second-order valence-corrected chi connectivity index (χ2v) is 6.40. The van der Waals surface area contributed by atoms with Crippen molar-refractivity contribution < 1.29 is 4.79 Å². The van der Waals surface area contributed by atoms with Gasteiger partial charge >= 0.3 is 0 Å². The van der Waals surface area contributed by atoms with Crippen molar-refractivity contribution in [2.75, 3.05) is 0 Å². The minimum atomic E-state index is -0.148. The van der Waals surface area contributed by atoms with Gasteiger partial charge in [0, 0.05) is 11.4 Å². The summed E-state index contributed by atoms with van der Waals surface area (Å²) in [5.74, 6) is 0.543. The Hall–Kier alpha value is -2.39. The molecule has 1 N–H and O–H groups in total. The summed E-state index contributed by atoms with van der Waals surface area (Å²) in [6, 6.07) is 13.9. The van der Waals surface area contributed by atoms with Crippen molar-refractivity contribution in [1.29, 1.82) is 0 Å². The number of carbonyl (C=O) groups is 1. The third-order valence-electron chi connectivity index (χ3n) is 4.06. The lowest BCUT2D eigenvalue weighted by atomic mass is 10.0. The van der Waals surface area contributed by atoms with Gasteiger partial charge in [-0.2, -0.15) is 0 Å². The maximum absolute atomic E-state index is 12.1. The Morgan fingerprint density at radius 3 is 2.71 bits per heavy atom. The molecule has 4 heteroatoms. The molecule has 0 radical (unpaired) electrons. The van der Waals surface area contributed by atoms with Gasteiger partial charge in [0.25, 0.3) is 5.91 Å². The van der Waals surface area contributed by atoms with Crippen LogP contribution in [-0.2, 0) is 11.2 Å². The number of carbonyl (C=O) groups excluding carboxylic acids is 1. The number of aryl methyl sites for hydroxylation is 3. The predicted molar refractivity (Wildman–Crippen MR) is 99.2 cm³/mol. The van der Waals surface area contributed by atoms with Gasteiger partial charge in [0.05, 0.1) is 0 Å². The third kappa shape index (κ3) is 3.74. The van der Waals surface area contributed by atoms with Crippen molar-refractivity contribution in [3.8, 4) is 0 Å². The maximum atomic E-state index is 12.1. The molecule has 0 atom stereocenters. The number of halogens is 1. The van der Waals surface area contributed by atoms with E-state index in [1.807, 2.05) is 44.2 Å².